The normalized spacial score (nSPS) is 25.4. The number of alkyl halides is 2. The van der Waals surface area contributed by atoms with Gasteiger partial charge in [0.2, 0.25) is 0 Å². The van der Waals surface area contributed by atoms with E-state index in [0.29, 0.717) is 13.0 Å². The van der Waals surface area contributed by atoms with Crippen LogP contribution in [0.15, 0.2) is 6.33 Å². The highest BCUT2D eigenvalue weighted by Crippen LogP contribution is 2.32. The van der Waals surface area contributed by atoms with Crippen molar-refractivity contribution in [3.63, 3.8) is 0 Å². The Kier molecular flexibility index (Phi) is 3.33. The summed E-state index contributed by atoms with van der Waals surface area (Å²) in [6.45, 7) is 0.262. The molecular formula is C6H10ClF2N5. The van der Waals surface area contributed by atoms with Gasteiger partial charge in [-0.3, -0.25) is 0 Å². The summed E-state index contributed by atoms with van der Waals surface area (Å²) >= 11 is 0. The van der Waals surface area contributed by atoms with Crippen molar-refractivity contribution in [1.29, 1.82) is 0 Å². The second-order valence-corrected chi connectivity index (χ2v) is 3.03. The Bertz CT molecular complexity index is 278. The third kappa shape index (κ3) is 1.98. The predicted octanol–water partition coefficient (Wildman–Crippen LogP) is 0.265. The molecule has 0 saturated carbocycles. The number of tetrazole rings is 1. The van der Waals surface area contributed by atoms with Crippen LogP contribution in [0.25, 0.3) is 0 Å². The molecule has 8 heteroatoms. The van der Waals surface area contributed by atoms with E-state index in [-0.39, 0.29) is 19.0 Å². The Hall–Kier alpha value is -0.820. The molecule has 80 valence electrons. The lowest BCUT2D eigenvalue weighted by Gasteiger charge is -2.30. The van der Waals surface area contributed by atoms with Crippen molar-refractivity contribution in [2.75, 3.05) is 13.1 Å². The highest BCUT2D eigenvalue weighted by atomic mass is 35.5. The minimum atomic E-state index is -2.77. The summed E-state index contributed by atoms with van der Waals surface area (Å²) in [6.07, 6.45) is 1.57. The molecule has 1 aromatic heterocycles. The second kappa shape index (κ2) is 4.14. The zero-order valence-electron chi connectivity index (χ0n) is 7.23. The second-order valence-electron chi connectivity index (χ2n) is 3.03. The third-order valence-electron chi connectivity index (χ3n) is 2.13. The number of aromatic nitrogens is 4. The zero-order valence-corrected chi connectivity index (χ0v) is 8.05. The van der Waals surface area contributed by atoms with E-state index in [4.69, 9.17) is 0 Å². The number of hydrogen-bond acceptors (Lipinski definition) is 4. The zero-order chi connectivity index (χ0) is 9.31. The van der Waals surface area contributed by atoms with Crippen LogP contribution in [-0.4, -0.2) is 39.2 Å². The first kappa shape index (κ1) is 11.3. The Labute approximate surface area is 85.3 Å². The molecule has 2 rings (SSSR count). The van der Waals surface area contributed by atoms with E-state index < -0.39 is 12.0 Å². The van der Waals surface area contributed by atoms with Crippen molar-refractivity contribution in [3.05, 3.63) is 6.33 Å². The molecule has 2 heterocycles. The van der Waals surface area contributed by atoms with Crippen LogP contribution >= 0.6 is 12.4 Å². The fourth-order valence-corrected chi connectivity index (χ4v) is 1.46. The van der Waals surface area contributed by atoms with Gasteiger partial charge in [-0.15, -0.1) is 17.5 Å². The lowest BCUT2D eigenvalue weighted by Crippen LogP contribution is -2.47. The highest BCUT2D eigenvalue weighted by molar-refractivity contribution is 5.85. The van der Waals surface area contributed by atoms with Gasteiger partial charge >= 0.3 is 0 Å². The van der Waals surface area contributed by atoms with Gasteiger partial charge in [0.05, 0.1) is 6.54 Å². The van der Waals surface area contributed by atoms with E-state index in [9.17, 15) is 8.78 Å². The van der Waals surface area contributed by atoms with E-state index in [1.54, 1.807) is 0 Å². The SMILES string of the molecule is Cl.FC1(F)CNCCC1n1cnnn1. The first-order valence-corrected chi connectivity index (χ1v) is 4.01. The van der Waals surface area contributed by atoms with Gasteiger partial charge in [-0.2, -0.15) is 0 Å². The highest BCUT2D eigenvalue weighted by Gasteiger charge is 2.43. The minimum absolute atomic E-state index is 0. The lowest BCUT2D eigenvalue weighted by molar-refractivity contribution is -0.0703. The van der Waals surface area contributed by atoms with Gasteiger partial charge < -0.3 is 5.32 Å². The van der Waals surface area contributed by atoms with Crippen LogP contribution in [0.1, 0.15) is 12.5 Å². The quantitative estimate of drug-likeness (QED) is 0.745. The number of halogens is 3. The molecule has 0 aliphatic carbocycles. The van der Waals surface area contributed by atoms with E-state index in [1.807, 2.05) is 0 Å². The molecular weight excluding hydrogens is 216 g/mol. The van der Waals surface area contributed by atoms with Crippen LogP contribution in [0.3, 0.4) is 0 Å². The van der Waals surface area contributed by atoms with Gasteiger partial charge in [0.1, 0.15) is 12.4 Å². The Morgan fingerprint density at radius 3 is 2.86 bits per heavy atom. The number of rotatable bonds is 1. The van der Waals surface area contributed by atoms with E-state index >= 15 is 0 Å². The molecule has 1 aliphatic rings. The minimum Gasteiger partial charge on any atom is -0.311 e. The molecule has 1 atom stereocenters. The maximum absolute atomic E-state index is 13.3. The standard InChI is InChI=1S/C6H9F2N5.ClH/c7-6(8)3-9-2-1-5(6)13-4-10-11-12-13;/h4-5,9H,1-3H2;1H. The summed E-state index contributed by atoms with van der Waals surface area (Å²) in [5.41, 5.74) is 0. The van der Waals surface area contributed by atoms with Gasteiger partial charge in [0.25, 0.3) is 5.92 Å². The van der Waals surface area contributed by atoms with Crippen molar-refractivity contribution >= 4 is 12.4 Å². The van der Waals surface area contributed by atoms with E-state index in [1.165, 1.54) is 6.33 Å². The van der Waals surface area contributed by atoms with Crippen LogP contribution in [0.2, 0.25) is 0 Å². The fraction of sp³-hybridized carbons (Fsp3) is 0.833. The summed E-state index contributed by atoms with van der Waals surface area (Å²) in [4.78, 5) is 0. The predicted molar refractivity (Wildman–Crippen MR) is 46.5 cm³/mol. The lowest BCUT2D eigenvalue weighted by atomic mass is 10.0. The van der Waals surface area contributed by atoms with Gasteiger partial charge in [0.15, 0.2) is 0 Å². The molecule has 1 fully saturated rings. The first-order valence-electron chi connectivity index (χ1n) is 4.01. The smallest absolute Gasteiger partial charge is 0.282 e. The van der Waals surface area contributed by atoms with E-state index in [2.05, 4.69) is 20.8 Å². The van der Waals surface area contributed by atoms with Crippen molar-refractivity contribution in [1.82, 2.24) is 25.5 Å². The number of hydrogen-bond donors (Lipinski definition) is 1. The largest absolute Gasteiger partial charge is 0.311 e. The Morgan fingerprint density at radius 2 is 2.29 bits per heavy atom. The molecule has 0 bridgehead atoms. The van der Waals surface area contributed by atoms with Gasteiger partial charge in [-0.1, -0.05) is 0 Å². The summed E-state index contributed by atoms with van der Waals surface area (Å²) in [6, 6.07) is -0.913. The maximum atomic E-state index is 13.3. The molecule has 1 saturated heterocycles. The number of piperidine rings is 1. The molecule has 0 spiro atoms. The van der Waals surface area contributed by atoms with Gasteiger partial charge in [-0.05, 0) is 23.4 Å². The van der Waals surface area contributed by atoms with Gasteiger partial charge in [0, 0.05) is 0 Å². The molecule has 1 N–H and O–H groups in total. The van der Waals surface area contributed by atoms with Crippen molar-refractivity contribution in [2.45, 2.75) is 18.4 Å². The summed E-state index contributed by atoms with van der Waals surface area (Å²) in [7, 11) is 0. The van der Waals surface area contributed by atoms with Crippen LogP contribution in [0.4, 0.5) is 8.78 Å². The summed E-state index contributed by atoms with van der Waals surface area (Å²) in [5, 5.41) is 12.8. The Morgan fingerprint density at radius 1 is 1.50 bits per heavy atom. The summed E-state index contributed by atoms with van der Waals surface area (Å²) in [5.74, 6) is -2.77. The molecule has 14 heavy (non-hydrogen) atoms. The van der Waals surface area contributed by atoms with Gasteiger partial charge in [-0.25, -0.2) is 13.5 Å². The van der Waals surface area contributed by atoms with Crippen LogP contribution in [0, 0.1) is 0 Å². The van der Waals surface area contributed by atoms with Crippen molar-refractivity contribution in [3.8, 4) is 0 Å². The fourth-order valence-electron chi connectivity index (χ4n) is 1.46. The average Bonchev–Trinajstić information content (AvgIpc) is 2.55. The maximum Gasteiger partial charge on any atom is 0.282 e. The third-order valence-corrected chi connectivity index (χ3v) is 2.13. The van der Waals surface area contributed by atoms with Crippen molar-refractivity contribution in [2.24, 2.45) is 0 Å². The van der Waals surface area contributed by atoms with Crippen LogP contribution in [0.5, 0.6) is 0 Å². The number of nitrogens with one attached hydrogen (secondary N) is 1. The molecule has 0 radical (unpaired) electrons. The van der Waals surface area contributed by atoms with Crippen LogP contribution in [-0.2, 0) is 0 Å². The molecule has 1 aromatic rings. The van der Waals surface area contributed by atoms with Crippen LogP contribution < -0.4 is 5.32 Å². The molecule has 1 unspecified atom stereocenters. The molecule has 1 aliphatic heterocycles. The molecule has 0 aromatic carbocycles. The summed E-state index contributed by atoms with van der Waals surface area (Å²) < 4.78 is 27.6. The Balaban J connectivity index is 0.000000980. The average molecular weight is 226 g/mol. The monoisotopic (exact) mass is 225 g/mol. The van der Waals surface area contributed by atoms with Crippen molar-refractivity contribution < 1.29 is 8.78 Å². The van der Waals surface area contributed by atoms with E-state index in [0.717, 1.165) is 4.68 Å². The topological polar surface area (TPSA) is 55.6 Å². The first-order chi connectivity index (χ1) is 6.20. The molecule has 5 nitrogen and oxygen atoms in total. The molecule has 0 amide bonds. The number of nitrogens with zero attached hydrogens (tertiary/aromatic N) is 4.